The molecule has 5 aromatic rings. The summed E-state index contributed by atoms with van der Waals surface area (Å²) in [6, 6.07) is 20.6. The van der Waals surface area contributed by atoms with Crippen molar-refractivity contribution in [2.75, 3.05) is 0 Å². The maximum Gasteiger partial charge on any atom is 0.282 e. The van der Waals surface area contributed by atoms with E-state index in [1.54, 1.807) is 48.5 Å². The van der Waals surface area contributed by atoms with Gasteiger partial charge in [0.15, 0.2) is 5.65 Å². The molecule has 0 saturated heterocycles. The van der Waals surface area contributed by atoms with E-state index in [2.05, 4.69) is 10.1 Å². The van der Waals surface area contributed by atoms with E-state index in [1.807, 2.05) is 6.07 Å². The van der Waals surface area contributed by atoms with Crippen LogP contribution in [0.2, 0.25) is 0 Å². The Morgan fingerprint density at radius 3 is 2.07 bits per heavy atom. The lowest BCUT2D eigenvalue weighted by atomic mass is 10.00. The first-order valence-electron chi connectivity index (χ1n) is 8.95. The lowest BCUT2D eigenvalue weighted by Crippen LogP contribution is -2.18. The molecule has 140 valence electrons. The van der Waals surface area contributed by atoms with E-state index >= 15 is 0 Å². The molecular weight excluding hydrogens is 372 g/mol. The fourth-order valence-electron chi connectivity index (χ4n) is 3.35. The third kappa shape index (κ3) is 2.95. The van der Waals surface area contributed by atoms with Crippen LogP contribution >= 0.6 is 0 Å². The van der Waals surface area contributed by atoms with E-state index in [9.17, 15) is 13.6 Å². The minimum atomic E-state index is -0.373. The van der Waals surface area contributed by atoms with Crippen molar-refractivity contribution in [1.29, 1.82) is 0 Å². The summed E-state index contributed by atoms with van der Waals surface area (Å²) < 4.78 is 28.1. The highest BCUT2D eigenvalue weighted by atomic mass is 19.1. The van der Waals surface area contributed by atoms with Crippen molar-refractivity contribution in [3.05, 3.63) is 101 Å². The highest BCUT2D eigenvalue weighted by Crippen LogP contribution is 2.31. The molecule has 2 aromatic heterocycles. The minimum absolute atomic E-state index is 0.292. The lowest BCUT2D eigenvalue weighted by Gasteiger charge is -2.12. The van der Waals surface area contributed by atoms with Crippen LogP contribution in [0, 0.1) is 11.6 Å². The first kappa shape index (κ1) is 17.2. The van der Waals surface area contributed by atoms with Gasteiger partial charge < -0.3 is 0 Å². The molecule has 0 spiro atoms. The zero-order valence-electron chi connectivity index (χ0n) is 15.0. The Balaban J connectivity index is 1.88. The predicted octanol–water partition coefficient (Wildman–Crippen LogP) is 4.85. The third-order valence-corrected chi connectivity index (χ3v) is 4.78. The monoisotopic (exact) mass is 385 g/mol. The largest absolute Gasteiger partial charge is 0.282 e. The van der Waals surface area contributed by atoms with Crippen molar-refractivity contribution in [3.63, 3.8) is 0 Å². The summed E-state index contributed by atoms with van der Waals surface area (Å²) in [5, 5.41) is 5.00. The normalized spacial score (nSPS) is 11.2. The zero-order valence-corrected chi connectivity index (χ0v) is 15.0. The number of halogens is 2. The molecule has 0 bridgehead atoms. The van der Waals surface area contributed by atoms with Crippen LogP contribution < -0.4 is 5.56 Å². The minimum Gasteiger partial charge on any atom is -0.267 e. The van der Waals surface area contributed by atoms with E-state index in [4.69, 9.17) is 0 Å². The zero-order chi connectivity index (χ0) is 20.0. The molecule has 0 fully saturated rings. The average molecular weight is 385 g/mol. The van der Waals surface area contributed by atoms with E-state index in [1.165, 1.54) is 28.8 Å². The number of benzene rings is 3. The van der Waals surface area contributed by atoms with E-state index in [-0.39, 0.29) is 17.2 Å². The second-order valence-electron chi connectivity index (χ2n) is 6.62. The van der Waals surface area contributed by atoms with Crippen LogP contribution in [-0.2, 0) is 0 Å². The maximum absolute atomic E-state index is 13.4. The van der Waals surface area contributed by atoms with Gasteiger partial charge >= 0.3 is 0 Å². The molecule has 0 aliphatic rings. The topological polar surface area (TPSA) is 47.3 Å². The number of aromatic nitrogens is 3. The fourth-order valence-corrected chi connectivity index (χ4v) is 3.35. The molecule has 3 aromatic carbocycles. The highest BCUT2D eigenvalue weighted by Gasteiger charge is 2.15. The van der Waals surface area contributed by atoms with Gasteiger partial charge in [0.05, 0.1) is 16.6 Å². The van der Waals surface area contributed by atoms with Crippen LogP contribution in [0.1, 0.15) is 0 Å². The summed E-state index contributed by atoms with van der Waals surface area (Å²) in [6.07, 6.45) is 0. The Morgan fingerprint density at radius 1 is 0.759 bits per heavy atom. The van der Waals surface area contributed by atoms with Gasteiger partial charge in [-0.05, 0) is 60.2 Å². The number of rotatable bonds is 2. The Labute approximate surface area is 163 Å². The van der Waals surface area contributed by atoms with Gasteiger partial charge in [0.2, 0.25) is 0 Å². The smallest absolute Gasteiger partial charge is 0.267 e. The standard InChI is InChI=1S/C23H13F2N3O/c24-16-9-5-14(6-10-16)19-13-21-26-20-4-2-1-3-18(20)23(29)28(21)27-22(19)15-7-11-17(25)12-8-15/h1-13H. The predicted molar refractivity (Wildman–Crippen MR) is 108 cm³/mol. The highest BCUT2D eigenvalue weighted by molar-refractivity contribution is 5.84. The molecule has 4 nitrogen and oxygen atoms in total. The van der Waals surface area contributed by atoms with E-state index in [0.29, 0.717) is 38.9 Å². The summed E-state index contributed by atoms with van der Waals surface area (Å²) in [7, 11) is 0. The van der Waals surface area contributed by atoms with Crippen LogP contribution in [0.25, 0.3) is 38.9 Å². The average Bonchev–Trinajstić information content (AvgIpc) is 2.74. The van der Waals surface area contributed by atoms with E-state index < -0.39 is 0 Å². The van der Waals surface area contributed by atoms with Gasteiger partial charge in [0.25, 0.3) is 5.56 Å². The van der Waals surface area contributed by atoms with Crippen molar-refractivity contribution in [2.24, 2.45) is 0 Å². The number of para-hydroxylation sites is 1. The van der Waals surface area contributed by atoms with Gasteiger partial charge in [-0.25, -0.2) is 13.8 Å². The molecule has 0 unspecified atom stereocenters. The Kier molecular flexibility index (Phi) is 3.91. The van der Waals surface area contributed by atoms with Gasteiger partial charge in [-0.3, -0.25) is 4.79 Å². The summed E-state index contributed by atoms with van der Waals surface area (Å²) in [6.45, 7) is 0. The van der Waals surface area contributed by atoms with Crippen LogP contribution in [0.4, 0.5) is 8.78 Å². The molecule has 5 rings (SSSR count). The van der Waals surface area contributed by atoms with Crippen molar-refractivity contribution < 1.29 is 8.78 Å². The Hall–Kier alpha value is -3.93. The summed E-state index contributed by atoms with van der Waals surface area (Å²) in [5.74, 6) is -0.728. The number of hydrogen-bond acceptors (Lipinski definition) is 3. The van der Waals surface area contributed by atoms with Crippen LogP contribution in [0.3, 0.4) is 0 Å². The molecule has 0 aliphatic carbocycles. The van der Waals surface area contributed by atoms with Gasteiger partial charge in [-0.15, -0.1) is 0 Å². The van der Waals surface area contributed by atoms with Crippen LogP contribution in [0.5, 0.6) is 0 Å². The van der Waals surface area contributed by atoms with Gasteiger partial charge in [0.1, 0.15) is 11.6 Å². The number of nitrogens with zero attached hydrogens (tertiary/aromatic N) is 3. The van der Waals surface area contributed by atoms with Crippen LogP contribution in [-0.4, -0.2) is 14.6 Å². The maximum atomic E-state index is 13.4. The summed E-state index contributed by atoms with van der Waals surface area (Å²) >= 11 is 0. The Morgan fingerprint density at radius 2 is 1.38 bits per heavy atom. The molecule has 6 heteroatoms. The van der Waals surface area contributed by atoms with Gasteiger partial charge in [0, 0.05) is 11.1 Å². The van der Waals surface area contributed by atoms with Gasteiger partial charge in [-0.2, -0.15) is 9.61 Å². The van der Waals surface area contributed by atoms with Crippen molar-refractivity contribution in [1.82, 2.24) is 14.6 Å². The molecule has 0 saturated carbocycles. The first-order chi connectivity index (χ1) is 14.1. The molecule has 29 heavy (non-hydrogen) atoms. The Bertz CT molecular complexity index is 1430. The second kappa shape index (κ2) is 6.60. The quantitative estimate of drug-likeness (QED) is 0.408. The van der Waals surface area contributed by atoms with Crippen LogP contribution in [0.15, 0.2) is 83.7 Å². The summed E-state index contributed by atoms with van der Waals surface area (Å²) in [4.78, 5) is 17.5. The lowest BCUT2D eigenvalue weighted by molar-refractivity contribution is 0.627. The summed E-state index contributed by atoms with van der Waals surface area (Å²) in [5.41, 5.74) is 3.13. The van der Waals surface area contributed by atoms with E-state index in [0.717, 1.165) is 0 Å². The number of fused-ring (bicyclic) bond motifs is 2. The second-order valence-corrected chi connectivity index (χ2v) is 6.62. The molecule has 0 amide bonds. The van der Waals surface area contributed by atoms with Crippen molar-refractivity contribution in [3.8, 4) is 22.4 Å². The molecule has 0 N–H and O–H groups in total. The van der Waals surface area contributed by atoms with Crippen molar-refractivity contribution >= 4 is 16.6 Å². The third-order valence-electron chi connectivity index (χ3n) is 4.78. The molecule has 0 atom stereocenters. The molecular formula is C23H13F2N3O. The SMILES string of the molecule is O=c1c2ccccc2nc2cc(-c3ccc(F)cc3)c(-c3ccc(F)cc3)nn12. The van der Waals surface area contributed by atoms with Gasteiger partial charge in [-0.1, -0.05) is 24.3 Å². The fraction of sp³-hybridized carbons (Fsp3) is 0. The first-order valence-corrected chi connectivity index (χ1v) is 8.95. The van der Waals surface area contributed by atoms with Crippen molar-refractivity contribution in [2.45, 2.75) is 0 Å². The number of hydrogen-bond donors (Lipinski definition) is 0. The molecule has 0 aliphatic heterocycles. The molecule has 0 radical (unpaired) electrons. The molecule has 2 heterocycles.